The predicted octanol–water partition coefficient (Wildman–Crippen LogP) is 6.17. The van der Waals surface area contributed by atoms with Crippen LogP contribution in [0.25, 0.3) is 10.9 Å². The maximum Gasteiger partial charge on any atom is 0.340 e. The molecule has 3 aromatic rings. The number of unbranched alkanes of at least 4 members (excludes halogenated alkanes) is 2. The van der Waals surface area contributed by atoms with E-state index in [9.17, 15) is 14.4 Å². The number of hydrogen-bond acceptors (Lipinski definition) is 7. The number of carbonyl (C=O) groups is 3. The topological polar surface area (TPSA) is 98.8 Å². The Kier molecular flexibility index (Phi) is 12.0. The summed E-state index contributed by atoms with van der Waals surface area (Å²) in [6, 6.07) is 12.5. The van der Waals surface area contributed by atoms with Gasteiger partial charge in [-0.25, -0.2) is 9.78 Å². The first-order valence-electron chi connectivity index (χ1n) is 15.6. The lowest BCUT2D eigenvalue weighted by atomic mass is 10.0. The van der Waals surface area contributed by atoms with Crippen LogP contribution in [-0.2, 0) is 9.53 Å². The number of H-pyrrole nitrogens is 1. The van der Waals surface area contributed by atoms with Gasteiger partial charge in [-0.15, -0.1) is 0 Å². The molecule has 1 aliphatic heterocycles. The standard InChI is InChI=1S/C33H45N5O4S/c1-5-8-14-26(15-9-6-2)36-19-21-37(22-20-36)31(39)24(4)38(32(40)29-23-25-13-10-11-17-28(25)35-29)43-30-27(16-12-18-34-30)33(41)42-7-3/h10-13,16-18,23-24,26,35H,5-9,14-15,19-22H2,1-4H3/t24-/m1/s1. The van der Waals surface area contributed by atoms with Gasteiger partial charge in [-0.05, 0) is 51.0 Å². The zero-order valence-corrected chi connectivity index (χ0v) is 26.7. The van der Waals surface area contributed by atoms with Crippen LogP contribution in [0.3, 0.4) is 0 Å². The number of nitrogens with zero attached hydrogens (tertiary/aromatic N) is 4. The Hall–Kier alpha value is -3.37. The number of nitrogens with one attached hydrogen (secondary N) is 1. The summed E-state index contributed by atoms with van der Waals surface area (Å²) in [7, 11) is 0. The molecule has 2 aromatic heterocycles. The molecule has 1 N–H and O–H groups in total. The fourth-order valence-corrected chi connectivity index (χ4v) is 6.56. The lowest BCUT2D eigenvalue weighted by Gasteiger charge is -2.41. The Labute approximate surface area is 259 Å². The maximum absolute atomic E-state index is 14.0. The van der Waals surface area contributed by atoms with E-state index in [4.69, 9.17) is 4.74 Å². The number of fused-ring (bicyclic) bond motifs is 1. The van der Waals surface area contributed by atoms with Gasteiger partial charge in [0.2, 0.25) is 5.91 Å². The van der Waals surface area contributed by atoms with Crippen molar-refractivity contribution in [1.82, 2.24) is 24.1 Å². The average molecular weight is 608 g/mol. The minimum absolute atomic E-state index is 0.121. The van der Waals surface area contributed by atoms with Crippen LogP contribution in [0.5, 0.6) is 0 Å². The number of aromatic amines is 1. The molecule has 1 fully saturated rings. The molecule has 9 nitrogen and oxygen atoms in total. The molecule has 0 spiro atoms. The number of esters is 1. The zero-order chi connectivity index (χ0) is 30.8. The SMILES string of the molecule is CCCCC(CCCC)N1CCN(C(=O)[C@@H](C)N(Sc2ncccc2C(=O)OCC)C(=O)c2cc3ccccc3[nH]2)CC1. The summed E-state index contributed by atoms with van der Waals surface area (Å²) in [6.45, 7) is 11.1. The molecule has 0 saturated carbocycles. The average Bonchev–Trinajstić information content (AvgIpc) is 3.48. The van der Waals surface area contributed by atoms with Crippen LogP contribution in [0.1, 0.15) is 87.1 Å². The summed E-state index contributed by atoms with van der Waals surface area (Å²) < 4.78 is 6.68. The van der Waals surface area contributed by atoms with Crippen LogP contribution >= 0.6 is 11.9 Å². The van der Waals surface area contributed by atoms with E-state index in [-0.39, 0.29) is 24.0 Å². The normalized spacial score (nSPS) is 14.7. The Bertz CT molecular complexity index is 1330. The van der Waals surface area contributed by atoms with Gasteiger partial charge in [0.05, 0.1) is 12.2 Å². The van der Waals surface area contributed by atoms with Crippen molar-refractivity contribution >= 4 is 40.6 Å². The van der Waals surface area contributed by atoms with Crippen molar-refractivity contribution in [2.75, 3.05) is 32.8 Å². The molecule has 0 bridgehead atoms. The molecule has 3 heterocycles. The highest BCUT2D eigenvalue weighted by atomic mass is 32.2. The molecule has 4 rings (SSSR count). The third-order valence-electron chi connectivity index (χ3n) is 8.05. The van der Waals surface area contributed by atoms with Gasteiger partial charge < -0.3 is 14.6 Å². The molecule has 232 valence electrons. The molecule has 0 aliphatic carbocycles. The smallest absolute Gasteiger partial charge is 0.340 e. The second kappa shape index (κ2) is 15.9. The van der Waals surface area contributed by atoms with Gasteiger partial charge in [-0.2, -0.15) is 0 Å². The number of carbonyl (C=O) groups excluding carboxylic acids is 3. The largest absolute Gasteiger partial charge is 0.462 e. The highest BCUT2D eigenvalue weighted by Crippen LogP contribution is 2.30. The molecular formula is C33H45N5O4S. The molecule has 0 radical (unpaired) electrons. The van der Waals surface area contributed by atoms with E-state index < -0.39 is 12.0 Å². The van der Waals surface area contributed by atoms with Crippen molar-refractivity contribution in [3.8, 4) is 0 Å². The Morgan fingerprint density at radius 1 is 1.00 bits per heavy atom. The monoisotopic (exact) mass is 607 g/mol. The van der Waals surface area contributed by atoms with E-state index in [0.29, 0.717) is 29.9 Å². The summed E-state index contributed by atoms with van der Waals surface area (Å²) in [5, 5.41) is 1.21. The van der Waals surface area contributed by atoms with Crippen molar-refractivity contribution in [1.29, 1.82) is 0 Å². The number of pyridine rings is 1. The van der Waals surface area contributed by atoms with E-state index in [1.807, 2.05) is 29.2 Å². The first-order valence-corrected chi connectivity index (χ1v) is 16.4. The van der Waals surface area contributed by atoms with Gasteiger partial charge in [0.15, 0.2) is 0 Å². The van der Waals surface area contributed by atoms with Gasteiger partial charge in [-0.3, -0.25) is 18.8 Å². The van der Waals surface area contributed by atoms with E-state index in [2.05, 4.69) is 28.7 Å². The number of ether oxygens (including phenoxy) is 1. The van der Waals surface area contributed by atoms with E-state index >= 15 is 0 Å². The van der Waals surface area contributed by atoms with Gasteiger partial charge in [-0.1, -0.05) is 57.7 Å². The molecule has 10 heteroatoms. The number of benzene rings is 1. The first kappa shape index (κ1) is 32.5. The number of aromatic nitrogens is 2. The third-order valence-corrected chi connectivity index (χ3v) is 9.22. The Morgan fingerprint density at radius 3 is 2.35 bits per heavy atom. The molecule has 1 aromatic carbocycles. The highest BCUT2D eigenvalue weighted by molar-refractivity contribution is 7.97. The lowest BCUT2D eigenvalue weighted by Crippen LogP contribution is -2.55. The Morgan fingerprint density at radius 2 is 1.70 bits per heavy atom. The first-order chi connectivity index (χ1) is 20.9. The molecule has 1 aliphatic rings. The number of piperazine rings is 1. The van der Waals surface area contributed by atoms with Crippen LogP contribution in [0, 0.1) is 0 Å². The van der Waals surface area contributed by atoms with Gasteiger partial charge in [0.1, 0.15) is 16.8 Å². The van der Waals surface area contributed by atoms with Gasteiger partial charge >= 0.3 is 5.97 Å². The van der Waals surface area contributed by atoms with Crippen LogP contribution < -0.4 is 0 Å². The molecule has 43 heavy (non-hydrogen) atoms. The molecule has 1 saturated heterocycles. The fourth-order valence-electron chi connectivity index (χ4n) is 5.59. The summed E-state index contributed by atoms with van der Waals surface area (Å²) in [5.74, 6) is -1.00. The van der Waals surface area contributed by atoms with Crippen molar-refractivity contribution < 1.29 is 19.1 Å². The van der Waals surface area contributed by atoms with E-state index in [0.717, 1.165) is 35.9 Å². The fraction of sp³-hybridized carbons (Fsp3) is 0.515. The molecular weight excluding hydrogens is 562 g/mol. The number of para-hydroxylation sites is 1. The number of amides is 2. The quantitative estimate of drug-likeness (QED) is 0.173. The minimum atomic E-state index is -0.802. The minimum Gasteiger partial charge on any atom is -0.462 e. The van der Waals surface area contributed by atoms with Crippen molar-refractivity contribution in [3.63, 3.8) is 0 Å². The second-order valence-electron chi connectivity index (χ2n) is 11.0. The maximum atomic E-state index is 14.0. The third kappa shape index (κ3) is 8.17. The number of hydrogen-bond donors (Lipinski definition) is 1. The second-order valence-corrected chi connectivity index (χ2v) is 12.0. The van der Waals surface area contributed by atoms with Crippen molar-refractivity contribution in [3.05, 3.63) is 59.9 Å². The van der Waals surface area contributed by atoms with Crippen LogP contribution in [0.4, 0.5) is 0 Å². The zero-order valence-electron chi connectivity index (χ0n) is 25.9. The molecule has 1 atom stereocenters. The van der Waals surface area contributed by atoms with Gasteiger partial charge in [0.25, 0.3) is 5.91 Å². The predicted molar refractivity (Wildman–Crippen MR) is 171 cm³/mol. The molecule has 0 unspecified atom stereocenters. The Balaban J connectivity index is 1.55. The molecule has 2 amide bonds. The lowest BCUT2D eigenvalue weighted by molar-refractivity contribution is -0.136. The van der Waals surface area contributed by atoms with Crippen molar-refractivity contribution in [2.45, 2.75) is 83.3 Å². The van der Waals surface area contributed by atoms with E-state index in [1.165, 1.54) is 42.8 Å². The van der Waals surface area contributed by atoms with Crippen LogP contribution in [-0.4, -0.2) is 86.7 Å². The summed E-state index contributed by atoms with van der Waals surface area (Å²) >= 11 is 1.00. The van der Waals surface area contributed by atoms with Crippen LogP contribution in [0.2, 0.25) is 0 Å². The highest BCUT2D eigenvalue weighted by Gasteiger charge is 2.35. The summed E-state index contributed by atoms with van der Waals surface area (Å²) in [5.41, 5.74) is 1.44. The van der Waals surface area contributed by atoms with Crippen molar-refractivity contribution in [2.24, 2.45) is 0 Å². The summed E-state index contributed by atoms with van der Waals surface area (Å²) in [6.07, 6.45) is 8.75. The number of rotatable bonds is 14. The van der Waals surface area contributed by atoms with Crippen LogP contribution in [0.15, 0.2) is 53.7 Å². The summed E-state index contributed by atoms with van der Waals surface area (Å²) in [4.78, 5) is 52.7. The van der Waals surface area contributed by atoms with Gasteiger partial charge in [0, 0.05) is 61.3 Å². The van der Waals surface area contributed by atoms with E-state index in [1.54, 1.807) is 38.2 Å².